The molecule has 0 fully saturated rings. The SMILES string of the molecule is C=COCC(CC)(CC)OC(=O)CC(=O)O. The summed E-state index contributed by atoms with van der Waals surface area (Å²) in [6.07, 6.45) is 1.76. The molecule has 0 bridgehead atoms. The Hall–Kier alpha value is -1.52. The molecule has 0 aromatic heterocycles. The summed E-state index contributed by atoms with van der Waals surface area (Å²) in [6.45, 7) is 7.29. The first-order chi connectivity index (χ1) is 7.49. The maximum Gasteiger partial charge on any atom is 0.317 e. The average Bonchev–Trinajstić information content (AvgIpc) is 2.23. The molecule has 0 saturated carbocycles. The van der Waals surface area contributed by atoms with Gasteiger partial charge in [-0.15, -0.1) is 0 Å². The third-order valence-corrected chi connectivity index (χ3v) is 2.38. The Morgan fingerprint density at radius 3 is 2.31 bits per heavy atom. The molecular weight excluding hydrogens is 212 g/mol. The third kappa shape index (κ3) is 4.82. The third-order valence-electron chi connectivity index (χ3n) is 2.38. The lowest BCUT2D eigenvalue weighted by Gasteiger charge is -2.30. The van der Waals surface area contributed by atoms with Crippen molar-refractivity contribution in [1.29, 1.82) is 0 Å². The van der Waals surface area contributed by atoms with Crippen LogP contribution in [0.5, 0.6) is 0 Å². The number of rotatable bonds is 8. The van der Waals surface area contributed by atoms with Gasteiger partial charge in [0, 0.05) is 0 Å². The zero-order valence-corrected chi connectivity index (χ0v) is 9.69. The summed E-state index contributed by atoms with van der Waals surface area (Å²) >= 11 is 0. The molecule has 0 unspecified atom stereocenters. The van der Waals surface area contributed by atoms with Crippen LogP contribution in [-0.4, -0.2) is 29.3 Å². The van der Waals surface area contributed by atoms with Crippen molar-refractivity contribution in [2.75, 3.05) is 6.61 Å². The smallest absolute Gasteiger partial charge is 0.317 e. The molecule has 0 saturated heterocycles. The number of carboxylic acids is 1. The second-order valence-corrected chi connectivity index (χ2v) is 3.41. The lowest BCUT2D eigenvalue weighted by molar-refractivity contribution is -0.168. The van der Waals surface area contributed by atoms with Crippen LogP contribution in [-0.2, 0) is 19.1 Å². The number of aliphatic carboxylic acids is 1. The van der Waals surface area contributed by atoms with E-state index in [1.807, 2.05) is 13.8 Å². The first kappa shape index (κ1) is 14.5. The minimum atomic E-state index is -1.20. The standard InChI is InChI=1S/C11H18O5/c1-4-11(5-2,8-15-6-3)16-10(14)7-9(12)13/h6H,3-5,7-8H2,1-2H3,(H,12,13). The van der Waals surface area contributed by atoms with E-state index in [-0.39, 0.29) is 6.61 Å². The number of hydrogen-bond donors (Lipinski definition) is 1. The van der Waals surface area contributed by atoms with Crippen LogP contribution in [0, 0.1) is 0 Å². The average molecular weight is 230 g/mol. The molecule has 0 aliphatic carbocycles. The molecule has 0 aliphatic heterocycles. The molecule has 0 rings (SSSR count). The second kappa shape index (κ2) is 6.87. The van der Waals surface area contributed by atoms with Gasteiger partial charge in [0.15, 0.2) is 0 Å². The van der Waals surface area contributed by atoms with Crippen molar-refractivity contribution < 1.29 is 24.2 Å². The van der Waals surface area contributed by atoms with E-state index in [2.05, 4.69) is 6.58 Å². The summed E-state index contributed by atoms with van der Waals surface area (Å²) in [4.78, 5) is 21.6. The van der Waals surface area contributed by atoms with Gasteiger partial charge in [0.05, 0.1) is 6.26 Å². The molecule has 5 nitrogen and oxygen atoms in total. The minimum Gasteiger partial charge on any atom is -0.498 e. The van der Waals surface area contributed by atoms with E-state index in [0.717, 1.165) is 0 Å². The van der Waals surface area contributed by atoms with E-state index < -0.39 is 24.0 Å². The van der Waals surface area contributed by atoms with Crippen LogP contribution in [0.15, 0.2) is 12.8 Å². The van der Waals surface area contributed by atoms with Gasteiger partial charge in [0.25, 0.3) is 0 Å². The van der Waals surface area contributed by atoms with Crippen molar-refractivity contribution in [3.63, 3.8) is 0 Å². The monoisotopic (exact) mass is 230 g/mol. The first-order valence-electron chi connectivity index (χ1n) is 5.15. The largest absolute Gasteiger partial charge is 0.498 e. The molecule has 0 aromatic rings. The molecule has 0 aromatic carbocycles. The number of carbonyl (C=O) groups is 2. The van der Waals surface area contributed by atoms with Crippen molar-refractivity contribution in [3.8, 4) is 0 Å². The number of esters is 1. The van der Waals surface area contributed by atoms with Gasteiger partial charge in [-0.1, -0.05) is 20.4 Å². The van der Waals surface area contributed by atoms with Crippen LogP contribution in [0.3, 0.4) is 0 Å². The van der Waals surface area contributed by atoms with E-state index in [4.69, 9.17) is 14.6 Å². The Morgan fingerprint density at radius 1 is 1.38 bits per heavy atom. The van der Waals surface area contributed by atoms with Gasteiger partial charge in [0.2, 0.25) is 0 Å². The second-order valence-electron chi connectivity index (χ2n) is 3.41. The summed E-state index contributed by atoms with van der Waals surface area (Å²) in [5.41, 5.74) is -0.763. The Labute approximate surface area is 95.0 Å². The van der Waals surface area contributed by atoms with E-state index in [0.29, 0.717) is 12.8 Å². The van der Waals surface area contributed by atoms with Gasteiger partial charge in [-0.2, -0.15) is 0 Å². The van der Waals surface area contributed by atoms with Gasteiger partial charge in [-0.25, -0.2) is 0 Å². The van der Waals surface area contributed by atoms with Gasteiger partial charge < -0.3 is 14.6 Å². The molecule has 0 atom stereocenters. The van der Waals surface area contributed by atoms with Crippen LogP contribution < -0.4 is 0 Å². The van der Waals surface area contributed by atoms with Crippen molar-refractivity contribution >= 4 is 11.9 Å². The predicted molar refractivity (Wildman–Crippen MR) is 57.8 cm³/mol. The summed E-state index contributed by atoms with van der Waals surface area (Å²) in [6, 6.07) is 0. The molecule has 16 heavy (non-hydrogen) atoms. The maximum absolute atomic E-state index is 11.3. The van der Waals surface area contributed by atoms with Gasteiger partial charge in [-0.3, -0.25) is 9.59 Å². The number of carbonyl (C=O) groups excluding carboxylic acids is 1. The summed E-state index contributed by atoms with van der Waals surface area (Å²) in [5, 5.41) is 8.45. The highest BCUT2D eigenvalue weighted by molar-refractivity contribution is 5.90. The Bertz CT molecular complexity index is 255. The van der Waals surface area contributed by atoms with E-state index in [9.17, 15) is 9.59 Å². The fraction of sp³-hybridized carbons (Fsp3) is 0.636. The van der Waals surface area contributed by atoms with E-state index in [1.54, 1.807) is 0 Å². The van der Waals surface area contributed by atoms with Gasteiger partial charge >= 0.3 is 11.9 Å². The van der Waals surface area contributed by atoms with Crippen LogP contribution in [0.25, 0.3) is 0 Å². The van der Waals surface area contributed by atoms with Crippen LogP contribution in [0.4, 0.5) is 0 Å². The van der Waals surface area contributed by atoms with E-state index in [1.165, 1.54) is 6.26 Å². The lowest BCUT2D eigenvalue weighted by Crippen LogP contribution is -2.38. The van der Waals surface area contributed by atoms with Crippen molar-refractivity contribution in [1.82, 2.24) is 0 Å². The highest BCUT2D eigenvalue weighted by Gasteiger charge is 2.31. The molecule has 0 amide bonds. The Balaban J connectivity index is 4.46. The number of hydrogen-bond acceptors (Lipinski definition) is 4. The molecule has 5 heteroatoms. The number of ether oxygens (including phenoxy) is 2. The quantitative estimate of drug-likeness (QED) is 0.390. The molecule has 92 valence electrons. The minimum absolute atomic E-state index is 0.189. The zero-order valence-electron chi connectivity index (χ0n) is 9.69. The first-order valence-corrected chi connectivity index (χ1v) is 5.15. The van der Waals surface area contributed by atoms with Crippen LogP contribution in [0.2, 0.25) is 0 Å². The number of carboxylic acid groups (broad SMARTS) is 1. The van der Waals surface area contributed by atoms with Gasteiger partial charge in [0.1, 0.15) is 18.6 Å². The molecule has 1 N–H and O–H groups in total. The van der Waals surface area contributed by atoms with Crippen LogP contribution in [0.1, 0.15) is 33.1 Å². The van der Waals surface area contributed by atoms with Crippen LogP contribution >= 0.6 is 0 Å². The summed E-state index contributed by atoms with van der Waals surface area (Å²) < 4.78 is 10.2. The highest BCUT2D eigenvalue weighted by Crippen LogP contribution is 2.22. The lowest BCUT2D eigenvalue weighted by atomic mass is 9.98. The molecule has 0 spiro atoms. The maximum atomic E-state index is 11.3. The zero-order chi connectivity index (χ0) is 12.6. The fourth-order valence-corrected chi connectivity index (χ4v) is 1.24. The normalized spacial score (nSPS) is 10.6. The van der Waals surface area contributed by atoms with Gasteiger partial charge in [-0.05, 0) is 12.8 Å². The molecule has 0 radical (unpaired) electrons. The Kier molecular flexibility index (Phi) is 6.22. The summed E-state index contributed by atoms with van der Waals surface area (Å²) in [5.74, 6) is -1.94. The van der Waals surface area contributed by atoms with Crippen molar-refractivity contribution in [2.45, 2.75) is 38.7 Å². The van der Waals surface area contributed by atoms with E-state index >= 15 is 0 Å². The highest BCUT2D eigenvalue weighted by atomic mass is 16.6. The molecular formula is C11H18O5. The molecule has 0 aliphatic rings. The van der Waals surface area contributed by atoms with Crippen molar-refractivity contribution in [2.24, 2.45) is 0 Å². The fourth-order valence-electron chi connectivity index (χ4n) is 1.24. The molecule has 0 heterocycles. The predicted octanol–water partition coefficient (Wildman–Crippen LogP) is 1.72. The summed E-state index contributed by atoms with van der Waals surface area (Å²) in [7, 11) is 0. The Morgan fingerprint density at radius 2 is 1.94 bits per heavy atom. The topological polar surface area (TPSA) is 72.8 Å². The van der Waals surface area contributed by atoms with Crippen molar-refractivity contribution in [3.05, 3.63) is 12.8 Å².